The molecule has 0 radical (unpaired) electrons. The highest BCUT2D eigenvalue weighted by Gasteiger charge is 2.22. The number of hydrogen-bond acceptors (Lipinski definition) is 4. The molecule has 5 nitrogen and oxygen atoms in total. The average molecular weight is 455 g/mol. The second-order valence-corrected chi connectivity index (χ2v) is 8.38. The van der Waals surface area contributed by atoms with Crippen molar-refractivity contribution in [2.75, 3.05) is 26.2 Å². The van der Waals surface area contributed by atoms with Crippen LogP contribution >= 0.6 is 12.4 Å². The molecule has 3 aromatic carbocycles. The van der Waals surface area contributed by atoms with E-state index in [1.807, 2.05) is 19.1 Å². The molecule has 4 rings (SSSR count). The summed E-state index contributed by atoms with van der Waals surface area (Å²) >= 11 is 0. The van der Waals surface area contributed by atoms with Crippen LogP contribution in [0.1, 0.15) is 40.0 Å². The Bertz CT molecular complexity index is 1070. The third-order valence-corrected chi connectivity index (χ3v) is 6.09. The maximum atomic E-state index is 11.2. The predicted molar refractivity (Wildman–Crippen MR) is 131 cm³/mol. The number of halogens is 1. The zero-order valence-corrected chi connectivity index (χ0v) is 19.4. The Morgan fingerprint density at radius 2 is 1.97 bits per heavy atom. The van der Waals surface area contributed by atoms with Crippen molar-refractivity contribution in [2.45, 2.75) is 32.5 Å². The van der Waals surface area contributed by atoms with Crippen LogP contribution in [0, 0.1) is 6.92 Å². The van der Waals surface area contributed by atoms with Crippen molar-refractivity contribution in [2.24, 2.45) is 0 Å². The fourth-order valence-electron chi connectivity index (χ4n) is 4.42. The van der Waals surface area contributed by atoms with Crippen LogP contribution in [-0.4, -0.2) is 48.3 Å². The monoisotopic (exact) mass is 454 g/mol. The van der Waals surface area contributed by atoms with Gasteiger partial charge in [0.1, 0.15) is 0 Å². The third-order valence-electron chi connectivity index (χ3n) is 6.09. The number of nitrogens with zero attached hydrogens (tertiary/aromatic N) is 1. The number of aromatic carboxylic acids is 1. The molecule has 2 atom stereocenters. The molecular formula is C26H31ClN2O3. The van der Waals surface area contributed by atoms with Gasteiger partial charge in [-0.15, -0.1) is 12.4 Å². The molecule has 0 spiro atoms. The van der Waals surface area contributed by atoms with E-state index in [-0.39, 0.29) is 24.6 Å². The first-order valence-electron chi connectivity index (χ1n) is 10.9. The molecule has 1 fully saturated rings. The van der Waals surface area contributed by atoms with Crippen LogP contribution in [-0.2, 0) is 11.3 Å². The summed E-state index contributed by atoms with van der Waals surface area (Å²) in [6.07, 6.45) is 0.130. The molecule has 1 saturated heterocycles. The minimum absolute atomic E-state index is 0. The van der Waals surface area contributed by atoms with Crippen LogP contribution in [0.25, 0.3) is 10.8 Å². The number of hydrogen-bond donors (Lipinski definition) is 2. The lowest BCUT2D eigenvalue weighted by atomic mass is 9.99. The molecule has 0 bridgehead atoms. The minimum atomic E-state index is -0.873. The summed E-state index contributed by atoms with van der Waals surface area (Å²) < 4.78 is 6.01. The second-order valence-electron chi connectivity index (χ2n) is 8.38. The van der Waals surface area contributed by atoms with E-state index in [2.05, 4.69) is 59.6 Å². The molecule has 0 amide bonds. The lowest BCUT2D eigenvalue weighted by Gasteiger charge is -2.34. The molecule has 3 aromatic rings. The summed E-state index contributed by atoms with van der Waals surface area (Å²) in [6.45, 7) is 8.10. The molecule has 0 aromatic heterocycles. The summed E-state index contributed by atoms with van der Waals surface area (Å²) in [5, 5.41) is 15.4. The Labute approximate surface area is 195 Å². The van der Waals surface area contributed by atoms with Crippen molar-refractivity contribution in [3.8, 4) is 0 Å². The molecule has 32 heavy (non-hydrogen) atoms. The molecule has 2 N–H and O–H groups in total. The molecule has 1 unspecified atom stereocenters. The number of morpholine rings is 1. The summed E-state index contributed by atoms with van der Waals surface area (Å²) in [5.74, 6) is -0.873. The van der Waals surface area contributed by atoms with Gasteiger partial charge in [0.05, 0.1) is 18.3 Å². The SMILES string of the molecule is Cc1cc(CN2CCOC(CN[C@H](C)c3cccc4ccccc34)C2)ccc1C(=O)O.Cl. The van der Waals surface area contributed by atoms with E-state index in [4.69, 9.17) is 4.74 Å². The topological polar surface area (TPSA) is 61.8 Å². The summed E-state index contributed by atoms with van der Waals surface area (Å²) in [5.41, 5.74) is 3.62. The third kappa shape index (κ3) is 5.67. The van der Waals surface area contributed by atoms with E-state index in [0.29, 0.717) is 12.2 Å². The van der Waals surface area contributed by atoms with Gasteiger partial charge in [-0.1, -0.05) is 54.6 Å². The Morgan fingerprint density at radius 3 is 2.75 bits per heavy atom. The number of carboxylic acid groups (broad SMARTS) is 1. The first kappa shape index (κ1) is 24.2. The van der Waals surface area contributed by atoms with E-state index >= 15 is 0 Å². The smallest absolute Gasteiger partial charge is 0.335 e. The van der Waals surface area contributed by atoms with Crippen molar-refractivity contribution in [1.82, 2.24) is 10.2 Å². The van der Waals surface area contributed by atoms with E-state index < -0.39 is 5.97 Å². The van der Waals surface area contributed by atoms with E-state index in [0.717, 1.165) is 37.3 Å². The van der Waals surface area contributed by atoms with Gasteiger partial charge in [-0.05, 0) is 47.4 Å². The molecule has 0 saturated carbocycles. The van der Waals surface area contributed by atoms with Crippen LogP contribution in [0.2, 0.25) is 0 Å². The first-order chi connectivity index (χ1) is 15.0. The molecule has 1 aliphatic rings. The number of carbonyl (C=O) groups is 1. The van der Waals surface area contributed by atoms with Gasteiger partial charge >= 0.3 is 5.97 Å². The van der Waals surface area contributed by atoms with Crippen LogP contribution in [0.3, 0.4) is 0 Å². The van der Waals surface area contributed by atoms with Gasteiger partial charge < -0.3 is 15.2 Å². The average Bonchev–Trinajstić information content (AvgIpc) is 2.77. The van der Waals surface area contributed by atoms with Crippen molar-refractivity contribution in [3.63, 3.8) is 0 Å². The van der Waals surface area contributed by atoms with Crippen molar-refractivity contribution >= 4 is 29.1 Å². The highest BCUT2D eigenvalue weighted by Crippen LogP contribution is 2.24. The molecule has 1 aliphatic heterocycles. The van der Waals surface area contributed by atoms with Gasteiger partial charge in [0, 0.05) is 32.2 Å². The lowest BCUT2D eigenvalue weighted by molar-refractivity contribution is -0.0308. The van der Waals surface area contributed by atoms with Gasteiger partial charge in [-0.2, -0.15) is 0 Å². The van der Waals surface area contributed by atoms with Gasteiger partial charge in [0.15, 0.2) is 0 Å². The molecule has 0 aliphatic carbocycles. The fraction of sp³-hybridized carbons (Fsp3) is 0.346. The van der Waals surface area contributed by atoms with Crippen molar-refractivity contribution < 1.29 is 14.6 Å². The molecular weight excluding hydrogens is 424 g/mol. The number of nitrogens with one attached hydrogen (secondary N) is 1. The minimum Gasteiger partial charge on any atom is -0.478 e. The van der Waals surface area contributed by atoms with Crippen LogP contribution in [0.15, 0.2) is 60.7 Å². The van der Waals surface area contributed by atoms with Crippen LogP contribution in [0.4, 0.5) is 0 Å². The van der Waals surface area contributed by atoms with Gasteiger partial charge in [0.2, 0.25) is 0 Å². The van der Waals surface area contributed by atoms with E-state index in [1.54, 1.807) is 6.07 Å². The number of carboxylic acids is 1. The molecule has 170 valence electrons. The molecule has 1 heterocycles. The summed E-state index contributed by atoms with van der Waals surface area (Å²) in [6, 6.07) is 20.8. The number of benzene rings is 3. The maximum absolute atomic E-state index is 11.2. The number of fused-ring (bicyclic) bond motifs is 1. The quantitative estimate of drug-likeness (QED) is 0.536. The largest absolute Gasteiger partial charge is 0.478 e. The zero-order chi connectivity index (χ0) is 21.8. The highest BCUT2D eigenvalue weighted by molar-refractivity contribution is 5.89. The Balaban J connectivity index is 0.00000289. The lowest BCUT2D eigenvalue weighted by Crippen LogP contribution is -2.46. The van der Waals surface area contributed by atoms with Crippen molar-refractivity contribution in [3.05, 3.63) is 82.9 Å². The Morgan fingerprint density at radius 1 is 1.19 bits per heavy atom. The van der Waals surface area contributed by atoms with Gasteiger partial charge in [-0.25, -0.2) is 4.79 Å². The predicted octanol–water partition coefficient (Wildman–Crippen LogP) is 4.82. The standard InChI is InChI=1S/C26H30N2O3.ClH/c1-18-14-20(10-11-23(18)26(29)30)16-28-12-13-31-22(17-28)15-27-19(2)24-9-5-7-21-6-3-4-8-25(21)24;/h3-11,14,19,22,27H,12-13,15-17H2,1-2H3,(H,29,30);1H/t19-,22?;/m1./s1. The summed E-state index contributed by atoms with van der Waals surface area (Å²) in [4.78, 5) is 13.6. The molecule has 6 heteroatoms. The number of aryl methyl sites for hydroxylation is 1. The van der Waals surface area contributed by atoms with Gasteiger partial charge in [-0.3, -0.25) is 4.90 Å². The zero-order valence-electron chi connectivity index (χ0n) is 18.6. The summed E-state index contributed by atoms with van der Waals surface area (Å²) in [7, 11) is 0. The maximum Gasteiger partial charge on any atom is 0.335 e. The van der Waals surface area contributed by atoms with Gasteiger partial charge in [0.25, 0.3) is 0 Å². The van der Waals surface area contributed by atoms with E-state index in [9.17, 15) is 9.90 Å². The van der Waals surface area contributed by atoms with Crippen molar-refractivity contribution in [1.29, 1.82) is 0 Å². The fourth-order valence-corrected chi connectivity index (χ4v) is 4.42. The normalized spacial score (nSPS) is 17.6. The van der Waals surface area contributed by atoms with Crippen LogP contribution in [0.5, 0.6) is 0 Å². The van der Waals surface area contributed by atoms with E-state index in [1.165, 1.54) is 16.3 Å². The number of ether oxygens (including phenoxy) is 1. The van der Waals surface area contributed by atoms with Crippen LogP contribution < -0.4 is 5.32 Å². The Hall–Kier alpha value is -2.44. The second kappa shape index (κ2) is 10.9. The number of rotatable bonds is 7. The Kier molecular flexibility index (Phi) is 8.26. The highest BCUT2D eigenvalue weighted by atomic mass is 35.5. The first-order valence-corrected chi connectivity index (χ1v) is 10.9.